The largest absolute Gasteiger partial charge is 0.491 e. The summed E-state index contributed by atoms with van der Waals surface area (Å²) in [6, 6.07) is 23.6. The van der Waals surface area contributed by atoms with Crippen molar-refractivity contribution in [3.63, 3.8) is 0 Å². The quantitative estimate of drug-likeness (QED) is 0.511. The van der Waals surface area contributed by atoms with Crippen molar-refractivity contribution in [3.05, 3.63) is 95.4 Å². The second kappa shape index (κ2) is 8.80. The molecule has 1 aliphatic heterocycles. The van der Waals surface area contributed by atoms with Crippen molar-refractivity contribution in [2.24, 2.45) is 0 Å². The molecule has 0 radical (unpaired) electrons. The highest BCUT2D eigenvalue weighted by atomic mass is 32.2. The molecule has 1 saturated heterocycles. The van der Waals surface area contributed by atoms with Crippen LogP contribution in [0.3, 0.4) is 0 Å². The number of ether oxygens (including phenoxy) is 1. The molecule has 0 aromatic heterocycles. The predicted octanol–water partition coefficient (Wildman–Crippen LogP) is 5.51. The number of carbonyl (C=O) groups is 2. The van der Waals surface area contributed by atoms with Crippen LogP contribution in [0.1, 0.15) is 5.56 Å². The molecular weight excluding hydrogens is 382 g/mol. The Balaban J connectivity index is 1.38. The predicted molar refractivity (Wildman–Crippen MR) is 118 cm³/mol. The molecule has 2 amide bonds. The Morgan fingerprint density at radius 1 is 0.897 bits per heavy atom. The van der Waals surface area contributed by atoms with Crippen LogP contribution in [0, 0.1) is 0 Å². The van der Waals surface area contributed by atoms with Gasteiger partial charge in [-0.15, -0.1) is 0 Å². The standard InChI is InChI=1S/C24H19NO3S/c26-23-22(15-6-10-18-8-2-1-3-9-18)29-24(27)25(23)16-17-28-21-14-7-12-19-11-4-5-13-20(19)21/h1-15H,16-17H2/b10-6+,22-15-. The fourth-order valence-corrected chi connectivity index (χ4v) is 3.90. The summed E-state index contributed by atoms with van der Waals surface area (Å²) in [5, 5.41) is 1.83. The summed E-state index contributed by atoms with van der Waals surface area (Å²) in [7, 11) is 0. The zero-order chi connectivity index (χ0) is 20.1. The van der Waals surface area contributed by atoms with Gasteiger partial charge in [-0.25, -0.2) is 0 Å². The molecule has 0 bridgehead atoms. The van der Waals surface area contributed by atoms with E-state index >= 15 is 0 Å². The Hall–Kier alpha value is -3.31. The summed E-state index contributed by atoms with van der Waals surface area (Å²) in [5.74, 6) is 0.468. The number of hydrogen-bond acceptors (Lipinski definition) is 4. The number of allylic oxidation sites excluding steroid dienone is 2. The van der Waals surface area contributed by atoms with Gasteiger partial charge in [-0.3, -0.25) is 14.5 Å². The topological polar surface area (TPSA) is 46.6 Å². The summed E-state index contributed by atoms with van der Waals surface area (Å²) >= 11 is 0.957. The third-order valence-electron chi connectivity index (χ3n) is 4.53. The Bertz CT molecular complexity index is 1100. The first-order valence-electron chi connectivity index (χ1n) is 9.30. The normalized spacial score (nSPS) is 15.7. The Morgan fingerprint density at radius 3 is 2.52 bits per heavy atom. The van der Waals surface area contributed by atoms with Crippen LogP contribution in [0.4, 0.5) is 4.79 Å². The number of nitrogens with zero attached hydrogens (tertiary/aromatic N) is 1. The Labute approximate surface area is 173 Å². The minimum Gasteiger partial charge on any atom is -0.491 e. The molecule has 4 rings (SSSR count). The molecule has 29 heavy (non-hydrogen) atoms. The van der Waals surface area contributed by atoms with E-state index in [1.54, 1.807) is 12.2 Å². The van der Waals surface area contributed by atoms with Crippen LogP contribution in [0.15, 0.2) is 89.9 Å². The van der Waals surface area contributed by atoms with Gasteiger partial charge in [0, 0.05) is 5.39 Å². The molecule has 0 spiro atoms. The maximum Gasteiger partial charge on any atom is 0.293 e. The van der Waals surface area contributed by atoms with E-state index in [2.05, 4.69) is 0 Å². The highest BCUT2D eigenvalue weighted by Crippen LogP contribution is 2.31. The van der Waals surface area contributed by atoms with Crippen molar-refractivity contribution in [2.45, 2.75) is 0 Å². The number of thioether (sulfide) groups is 1. The van der Waals surface area contributed by atoms with Gasteiger partial charge < -0.3 is 4.74 Å². The number of amides is 2. The highest BCUT2D eigenvalue weighted by Gasteiger charge is 2.34. The first kappa shape index (κ1) is 19.0. The van der Waals surface area contributed by atoms with Gasteiger partial charge in [0.1, 0.15) is 12.4 Å². The maximum atomic E-state index is 12.5. The Morgan fingerprint density at radius 2 is 1.66 bits per heavy atom. The molecule has 0 aliphatic carbocycles. The van der Waals surface area contributed by atoms with Gasteiger partial charge in [0.05, 0.1) is 11.4 Å². The zero-order valence-electron chi connectivity index (χ0n) is 15.7. The lowest BCUT2D eigenvalue weighted by molar-refractivity contribution is -0.123. The third kappa shape index (κ3) is 4.41. The molecule has 5 heteroatoms. The van der Waals surface area contributed by atoms with Crippen LogP contribution in [0.25, 0.3) is 16.8 Å². The number of carbonyl (C=O) groups excluding carboxylic acids is 2. The molecule has 3 aromatic carbocycles. The van der Waals surface area contributed by atoms with Gasteiger partial charge in [-0.2, -0.15) is 0 Å². The van der Waals surface area contributed by atoms with Crippen LogP contribution in [0.5, 0.6) is 5.75 Å². The summed E-state index contributed by atoms with van der Waals surface area (Å²) in [6.07, 6.45) is 5.38. The fourth-order valence-electron chi connectivity index (χ4n) is 3.09. The van der Waals surface area contributed by atoms with E-state index in [0.29, 0.717) is 4.91 Å². The molecule has 144 valence electrons. The van der Waals surface area contributed by atoms with E-state index in [-0.39, 0.29) is 24.3 Å². The zero-order valence-corrected chi connectivity index (χ0v) is 16.5. The molecule has 4 nitrogen and oxygen atoms in total. The van der Waals surface area contributed by atoms with Crippen LogP contribution < -0.4 is 4.74 Å². The molecule has 0 saturated carbocycles. The SMILES string of the molecule is O=C1S/C(=C\C=C\c2ccccc2)C(=O)N1CCOc1cccc2ccccc12. The summed E-state index contributed by atoms with van der Waals surface area (Å²) in [4.78, 5) is 26.4. The van der Waals surface area contributed by atoms with Crippen LogP contribution >= 0.6 is 11.8 Å². The summed E-state index contributed by atoms with van der Waals surface area (Å²) < 4.78 is 5.86. The monoisotopic (exact) mass is 401 g/mol. The molecule has 0 N–H and O–H groups in total. The molecule has 1 fully saturated rings. The molecule has 0 unspecified atom stereocenters. The van der Waals surface area contributed by atoms with Gasteiger partial charge in [0.15, 0.2) is 0 Å². The molecule has 0 atom stereocenters. The first-order valence-corrected chi connectivity index (χ1v) is 10.1. The number of benzene rings is 3. The minimum absolute atomic E-state index is 0.216. The van der Waals surface area contributed by atoms with Crippen molar-refractivity contribution >= 4 is 39.8 Å². The van der Waals surface area contributed by atoms with Crippen LogP contribution in [-0.4, -0.2) is 29.2 Å². The summed E-state index contributed by atoms with van der Waals surface area (Å²) in [5.41, 5.74) is 1.03. The van der Waals surface area contributed by atoms with Crippen molar-refractivity contribution in [2.75, 3.05) is 13.2 Å². The van der Waals surface area contributed by atoms with Crippen LogP contribution in [0.2, 0.25) is 0 Å². The maximum absolute atomic E-state index is 12.5. The average molecular weight is 401 g/mol. The number of fused-ring (bicyclic) bond motifs is 1. The summed E-state index contributed by atoms with van der Waals surface area (Å²) in [6.45, 7) is 0.465. The van der Waals surface area contributed by atoms with E-state index < -0.39 is 0 Å². The molecule has 1 heterocycles. The lowest BCUT2D eigenvalue weighted by Crippen LogP contribution is -2.32. The molecule has 1 aliphatic rings. The molecular formula is C24H19NO3S. The average Bonchev–Trinajstić information content (AvgIpc) is 3.02. The lowest BCUT2D eigenvalue weighted by atomic mass is 10.1. The van der Waals surface area contributed by atoms with Gasteiger partial charge in [-0.1, -0.05) is 78.9 Å². The van der Waals surface area contributed by atoms with Crippen molar-refractivity contribution < 1.29 is 14.3 Å². The van der Waals surface area contributed by atoms with Gasteiger partial charge in [0.2, 0.25) is 0 Å². The van der Waals surface area contributed by atoms with E-state index in [4.69, 9.17) is 4.74 Å². The number of imide groups is 1. The lowest BCUT2D eigenvalue weighted by Gasteiger charge is -2.14. The van der Waals surface area contributed by atoms with Crippen LogP contribution in [-0.2, 0) is 4.79 Å². The smallest absolute Gasteiger partial charge is 0.293 e. The molecule has 3 aromatic rings. The van der Waals surface area contributed by atoms with Gasteiger partial charge in [-0.05, 0) is 34.9 Å². The second-order valence-electron chi connectivity index (χ2n) is 6.45. The highest BCUT2D eigenvalue weighted by molar-refractivity contribution is 8.18. The van der Waals surface area contributed by atoms with Crippen molar-refractivity contribution in [1.29, 1.82) is 0 Å². The van der Waals surface area contributed by atoms with E-state index in [9.17, 15) is 9.59 Å². The number of rotatable bonds is 6. The third-order valence-corrected chi connectivity index (χ3v) is 5.46. The minimum atomic E-state index is -0.278. The van der Waals surface area contributed by atoms with Crippen molar-refractivity contribution in [3.8, 4) is 5.75 Å². The van der Waals surface area contributed by atoms with E-state index in [0.717, 1.165) is 33.8 Å². The van der Waals surface area contributed by atoms with Gasteiger partial charge in [0.25, 0.3) is 11.1 Å². The fraction of sp³-hybridized carbons (Fsp3) is 0.0833. The van der Waals surface area contributed by atoms with Gasteiger partial charge >= 0.3 is 0 Å². The van der Waals surface area contributed by atoms with E-state index in [1.807, 2.05) is 78.9 Å². The van der Waals surface area contributed by atoms with E-state index in [1.165, 1.54) is 4.90 Å². The number of hydrogen-bond donors (Lipinski definition) is 0. The second-order valence-corrected chi connectivity index (χ2v) is 7.44. The van der Waals surface area contributed by atoms with Crippen molar-refractivity contribution in [1.82, 2.24) is 4.90 Å². The first-order chi connectivity index (χ1) is 14.2. The Kier molecular flexibility index (Phi) is 5.77.